The van der Waals surface area contributed by atoms with Crippen molar-refractivity contribution in [3.05, 3.63) is 33.8 Å². The average Bonchev–Trinajstić information content (AvgIpc) is 2.41. The number of carbonyl (C=O) groups excluding carboxylic acids is 1. The summed E-state index contributed by atoms with van der Waals surface area (Å²) in [6, 6.07) is 5.30. The van der Waals surface area contributed by atoms with Crippen molar-refractivity contribution in [3.63, 3.8) is 0 Å². The Morgan fingerprint density at radius 2 is 2.21 bits per heavy atom. The van der Waals surface area contributed by atoms with Gasteiger partial charge in [0.15, 0.2) is 0 Å². The topological polar surface area (TPSA) is 29.5 Å². The van der Waals surface area contributed by atoms with E-state index in [1.54, 1.807) is 6.07 Å². The van der Waals surface area contributed by atoms with Crippen molar-refractivity contribution in [1.29, 1.82) is 0 Å². The highest BCUT2D eigenvalue weighted by molar-refractivity contribution is 6.35. The Hall–Kier alpha value is -0.770. The van der Waals surface area contributed by atoms with Gasteiger partial charge in [-0.1, -0.05) is 35.7 Å². The molecule has 0 spiro atoms. The molecule has 0 aromatic heterocycles. The third-order valence-corrected chi connectivity index (χ3v) is 4.06. The third-order valence-electron chi connectivity index (χ3n) is 3.48. The lowest BCUT2D eigenvalue weighted by atomic mass is 10.0. The molecule has 0 bridgehead atoms. The average molecular weight is 302 g/mol. The van der Waals surface area contributed by atoms with Crippen molar-refractivity contribution in [2.24, 2.45) is 0 Å². The maximum atomic E-state index is 11.8. The number of piperidine rings is 1. The summed E-state index contributed by atoms with van der Waals surface area (Å²) in [5.41, 5.74) is 0.988. The first kappa shape index (κ1) is 14.6. The van der Waals surface area contributed by atoms with Crippen LogP contribution in [0.15, 0.2) is 18.2 Å². The molecular weight excluding hydrogens is 285 g/mol. The summed E-state index contributed by atoms with van der Waals surface area (Å²) < 4.78 is 4.87. The summed E-state index contributed by atoms with van der Waals surface area (Å²) in [7, 11) is 1.43. The van der Waals surface area contributed by atoms with Crippen LogP contribution < -0.4 is 0 Å². The monoisotopic (exact) mass is 301 g/mol. The summed E-state index contributed by atoms with van der Waals surface area (Å²) in [4.78, 5) is 13.9. The van der Waals surface area contributed by atoms with Gasteiger partial charge in [-0.3, -0.25) is 9.69 Å². The molecule has 1 heterocycles. The molecule has 5 heteroatoms. The zero-order valence-corrected chi connectivity index (χ0v) is 12.4. The molecule has 3 nitrogen and oxygen atoms in total. The number of ether oxygens (including phenoxy) is 1. The minimum absolute atomic E-state index is 0.162. The van der Waals surface area contributed by atoms with Crippen molar-refractivity contribution >= 4 is 29.2 Å². The lowest BCUT2D eigenvalue weighted by Gasteiger charge is -2.33. The Labute approximate surface area is 123 Å². The first-order valence-corrected chi connectivity index (χ1v) is 7.13. The number of rotatable bonds is 3. The van der Waals surface area contributed by atoms with E-state index in [0.29, 0.717) is 16.6 Å². The number of methoxy groups -OCH3 is 1. The first-order valence-electron chi connectivity index (χ1n) is 6.37. The highest BCUT2D eigenvalue weighted by atomic mass is 35.5. The van der Waals surface area contributed by atoms with Crippen LogP contribution in [0.1, 0.15) is 24.8 Å². The molecule has 1 unspecified atom stereocenters. The van der Waals surface area contributed by atoms with Crippen LogP contribution in [0.3, 0.4) is 0 Å². The fraction of sp³-hybridized carbons (Fsp3) is 0.500. The van der Waals surface area contributed by atoms with Crippen LogP contribution in [-0.2, 0) is 16.1 Å². The SMILES string of the molecule is COC(=O)C1CCCCN1Cc1ccc(Cl)cc1Cl. The second-order valence-electron chi connectivity index (χ2n) is 4.74. The van der Waals surface area contributed by atoms with Gasteiger partial charge in [-0.2, -0.15) is 0 Å². The fourth-order valence-corrected chi connectivity index (χ4v) is 2.92. The Morgan fingerprint density at radius 3 is 2.89 bits per heavy atom. The molecule has 1 aromatic carbocycles. The lowest BCUT2D eigenvalue weighted by molar-refractivity contribution is -0.148. The second kappa shape index (κ2) is 6.60. The third kappa shape index (κ3) is 3.62. The van der Waals surface area contributed by atoms with E-state index < -0.39 is 0 Å². The Morgan fingerprint density at radius 1 is 1.42 bits per heavy atom. The van der Waals surface area contributed by atoms with Crippen LogP contribution in [0, 0.1) is 0 Å². The summed E-state index contributed by atoms with van der Waals surface area (Å²) >= 11 is 12.1. The number of carbonyl (C=O) groups is 1. The van der Waals surface area contributed by atoms with Crippen LogP contribution >= 0.6 is 23.2 Å². The van der Waals surface area contributed by atoms with Crippen molar-refractivity contribution in [3.8, 4) is 0 Å². The van der Waals surface area contributed by atoms with Gasteiger partial charge in [0.1, 0.15) is 6.04 Å². The van der Waals surface area contributed by atoms with E-state index in [1.165, 1.54) is 7.11 Å². The number of likely N-dealkylation sites (tertiary alicyclic amines) is 1. The van der Waals surface area contributed by atoms with Crippen LogP contribution in [0.2, 0.25) is 10.0 Å². The molecule has 1 aromatic rings. The quantitative estimate of drug-likeness (QED) is 0.800. The van der Waals surface area contributed by atoms with Gasteiger partial charge in [0.25, 0.3) is 0 Å². The zero-order chi connectivity index (χ0) is 13.8. The molecule has 19 heavy (non-hydrogen) atoms. The number of benzene rings is 1. The largest absolute Gasteiger partial charge is 0.468 e. The maximum Gasteiger partial charge on any atom is 0.323 e. The number of halogens is 2. The molecule has 1 atom stereocenters. The Bertz CT molecular complexity index is 465. The fourth-order valence-electron chi connectivity index (χ4n) is 2.45. The predicted octanol–water partition coefficient (Wildman–Crippen LogP) is 3.52. The molecule has 1 saturated heterocycles. The van der Waals surface area contributed by atoms with E-state index in [0.717, 1.165) is 31.4 Å². The summed E-state index contributed by atoms with van der Waals surface area (Å²) in [5.74, 6) is -0.162. The molecule has 1 fully saturated rings. The summed E-state index contributed by atoms with van der Waals surface area (Å²) in [6.07, 6.45) is 3.00. The molecule has 0 amide bonds. The molecule has 1 aliphatic rings. The van der Waals surface area contributed by atoms with Gasteiger partial charge in [0.05, 0.1) is 7.11 Å². The van der Waals surface area contributed by atoms with Crippen molar-refractivity contribution in [2.75, 3.05) is 13.7 Å². The molecule has 0 radical (unpaired) electrons. The maximum absolute atomic E-state index is 11.8. The molecule has 0 N–H and O–H groups in total. The second-order valence-corrected chi connectivity index (χ2v) is 5.58. The van der Waals surface area contributed by atoms with E-state index in [2.05, 4.69) is 4.90 Å². The van der Waals surface area contributed by atoms with Crippen LogP contribution in [-0.4, -0.2) is 30.6 Å². The lowest BCUT2D eigenvalue weighted by Crippen LogP contribution is -2.44. The number of hydrogen-bond acceptors (Lipinski definition) is 3. The van der Waals surface area contributed by atoms with E-state index in [4.69, 9.17) is 27.9 Å². The zero-order valence-electron chi connectivity index (χ0n) is 10.9. The van der Waals surface area contributed by atoms with Crippen molar-refractivity contribution < 1.29 is 9.53 Å². The van der Waals surface area contributed by atoms with Crippen molar-refractivity contribution in [2.45, 2.75) is 31.8 Å². The van der Waals surface area contributed by atoms with Gasteiger partial charge in [-0.15, -0.1) is 0 Å². The smallest absolute Gasteiger partial charge is 0.323 e. The van der Waals surface area contributed by atoms with E-state index in [1.807, 2.05) is 12.1 Å². The van der Waals surface area contributed by atoms with Crippen LogP contribution in [0.25, 0.3) is 0 Å². The number of hydrogen-bond donors (Lipinski definition) is 0. The first-order chi connectivity index (χ1) is 9.11. The number of nitrogens with zero attached hydrogens (tertiary/aromatic N) is 1. The van der Waals surface area contributed by atoms with Gasteiger partial charge < -0.3 is 4.74 Å². The summed E-state index contributed by atoms with van der Waals surface area (Å²) in [5, 5.41) is 1.26. The minimum atomic E-state index is -0.162. The van der Waals surface area contributed by atoms with E-state index >= 15 is 0 Å². The van der Waals surface area contributed by atoms with Gasteiger partial charge >= 0.3 is 5.97 Å². The van der Waals surface area contributed by atoms with Crippen LogP contribution in [0.5, 0.6) is 0 Å². The standard InChI is InChI=1S/C14H17Cl2NO2/c1-19-14(18)13-4-2-3-7-17(13)9-10-5-6-11(15)8-12(10)16/h5-6,8,13H,2-4,7,9H2,1H3. The highest BCUT2D eigenvalue weighted by Crippen LogP contribution is 2.26. The Kier molecular flexibility index (Phi) is 5.08. The highest BCUT2D eigenvalue weighted by Gasteiger charge is 2.29. The number of esters is 1. The molecule has 104 valence electrons. The van der Waals surface area contributed by atoms with Gasteiger partial charge in [-0.05, 0) is 37.1 Å². The van der Waals surface area contributed by atoms with Crippen LogP contribution in [0.4, 0.5) is 0 Å². The van der Waals surface area contributed by atoms with Gasteiger partial charge in [-0.25, -0.2) is 0 Å². The normalized spacial score (nSPS) is 20.3. The summed E-state index contributed by atoms with van der Waals surface area (Å²) in [6.45, 7) is 1.54. The molecule has 1 aliphatic heterocycles. The Balaban J connectivity index is 2.13. The predicted molar refractivity (Wildman–Crippen MR) is 76.5 cm³/mol. The van der Waals surface area contributed by atoms with Gasteiger partial charge in [0, 0.05) is 16.6 Å². The van der Waals surface area contributed by atoms with Gasteiger partial charge in [0.2, 0.25) is 0 Å². The molecule has 0 aliphatic carbocycles. The van der Waals surface area contributed by atoms with E-state index in [-0.39, 0.29) is 12.0 Å². The molecule has 0 saturated carbocycles. The van der Waals surface area contributed by atoms with E-state index in [9.17, 15) is 4.79 Å². The molecule has 2 rings (SSSR count). The minimum Gasteiger partial charge on any atom is -0.468 e. The molecular formula is C14H17Cl2NO2. The van der Waals surface area contributed by atoms with Crippen molar-refractivity contribution in [1.82, 2.24) is 4.90 Å².